The van der Waals surface area contributed by atoms with Crippen molar-refractivity contribution in [3.63, 3.8) is 0 Å². The maximum Gasteiger partial charge on any atom is 0.416 e. The van der Waals surface area contributed by atoms with Gasteiger partial charge >= 0.3 is 12.4 Å². The number of hydrogen-bond acceptors (Lipinski definition) is 2. The van der Waals surface area contributed by atoms with Crippen LogP contribution in [0.3, 0.4) is 0 Å². The van der Waals surface area contributed by atoms with Crippen molar-refractivity contribution in [2.75, 3.05) is 13.2 Å². The van der Waals surface area contributed by atoms with Gasteiger partial charge in [0.1, 0.15) is 12.4 Å². The first kappa shape index (κ1) is 23.9. The van der Waals surface area contributed by atoms with Crippen LogP contribution < -0.4 is 10.1 Å². The Bertz CT molecular complexity index is 967. The van der Waals surface area contributed by atoms with E-state index in [1.165, 1.54) is 0 Å². The van der Waals surface area contributed by atoms with Gasteiger partial charge in [-0.3, -0.25) is 4.79 Å². The molecule has 0 saturated heterocycles. The van der Waals surface area contributed by atoms with E-state index in [0.717, 1.165) is 5.56 Å². The standard InChI is InChI=1S/C22H17F6NO2/c1-2-7-15-8-3-4-9-19(15)31-11-6-5-10-29-20(30)16-12-17(21(23,24)25)14-18(13-16)22(26,27)28/h2-4,8-9,12-14H,1,7,10-11H2,(H,29,30). The molecular weight excluding hydrogens is 424 g/mol. The smallest absolute Gasteiger partial charge is 0.416 e. The Morgan fingerprint density at radius 1 is 1.00 bits per heavy atom. The van der Waals surface area contributed by atoms with Crippen LogP contribution in [0.25, 0.3) is 0 Å². The number of para-hydroxylation sites is 1. The third kappa shape index (κ3) is 7.10. The van der Waals surface area contributed by atoms with Crippen molar-refractivity contribution in [3.8, 4) is 17.6 Å². The molecule has 0 atom stereocenters. The summed E-state index contributed by atoms with van der Waals surface area (Å²) in [6.45, 7) is 3.34. The van der Waals surface area contributed by atoms with E-state index in [-0.39, 0.29) is 19.2 Å². The summed E-state index contributed by atoms with van der Waals surface area (Å²) in [5, 5.41) is 2.17. The first-order valence-corrected chi connectivity index (χ1v) is 8.87. The van der Waals surface area contributed by atoms with Crippen molar-refractivity contribution in [3.05, 3.63) is 77.4 Å². The van der Waals surface area contributed by atoms with Gasteiger partial charge in [0.25, 0.3) is 5.91 Å². The fourth-order valence-electron chi connectivity index (χ4n) is 2.51. The molecule has 0 heterocycles. The zero-order chi connectivity index (χ0) is 23.1. The molecule has 0 aliphatic carbocycles. The summed E-state index contributed by atoms with van der Waals surface area (Å²) in [7, 11) is 0. The van der Waals surface area contributed by atoms with E-state index in [1.807, 2.05) is 12.1 Å². The number of hydrogen-bond donors (Lipinski definition) is 1. The molecular formula is C22H17F6NO2. The summed E-state index contributed by atoms with van der Waals surface area (Å²) in [6.07, 6.45) is -7.76. The fraction of sp³-hybridized carbons (Fsp3) is 0.227. The van der Waals surface area contributed by atoms with Gasteiger partial charge in [-0.25, -0.2) is 0 Å². The van der Waals surface area contributed by atoms with E-state index >= 15 is 0 Å². The van der Waals surface area contributed by atoms with Gasteiger partial charge in [-0.1, -0.05) is 36.1 Å². The maximum absolute atomic E-state index is 12.9. The van der Waals surface area contributed by atoms with E-state index < -0.39 is 35.0 Å². The number of amides is 1. The van der Waals surface area contributed by atoms with Gasteiger partial charge < -0.3 is 10.1 Å². The van der Waals surface area contributed by atoms with Gasteiger partial charge in [0.05, 0.1) is 17.7 Å². The molecule has 0 saturated carbocycles. The molecule has 2 aromatic carbocycles. The fourth-order valence-corrected chi connectivity index (χ4v) is 2.51. The molecule has 164 valence electrons. The van der Waals surface area contributed by atoms with Crippen LogP contribution in [0.15, 0.2) is 55.1 Å². The zero-order valence-electron chi connectivity index (χ0n) is 16.0. The van der Waals surface area contributed by atoms with Crippen molar-refractivity contribution in [1.82, 2.24) is 5.32 Å². The van der Waals surface area contributed by atoms with E-state index in [2.05, 4.69) is 23.7 Å². The summed E-state index contributed by atoms with van der Waals surface area (Å²) in [6, 6.07) is 7.89. The number of rotatable bonds is 6. The van der Waals surface area contributed by atoms with Gasteiger partial charge in [0, 0.05) is 5.56 Å². The lowest BCUT2D eigenvalue weighted by molar-refractivity contribution is -0.143. The molecule has 0 aromatic heterocycles. The molecule has 0 unspecified atom stereocenters. The number of carbonyl (C=O) groups is 1. The molecule has 0 aliphatic rings. The molecule has 9 heteroatoms. The second-order valence-corrected chi connectivity index (χ2v) is 6.22. The minimum absolute atomic E-state index is 0.0220. The monoisotopic (exact) mass is 441 g/mol. The van der Waals surface area contributed by atoms with Gasteiger partial charge in [0.15, 0.2) is 0 Å². The number of nitrogens with one attached hydrogen (secondary N) is 1. The molecule has 0 radical (unpaired) electrons. The van der Waals surface area contributed by atoms with Crippen LogP contribution in [-0.4, -0.2) is 19.1 Å². The van der Waals surface area contributed by atoms with Crippen molar-refractivity contribution < 1.29 is 35.9 Å². The summed E-state index contributed by atoms with van der Waals surface area (Å²) in [5.74, 6) is 4.63. The Hall–Kier alpha value is -3.41. The average Bonchev–Trinajstić information content (AvgIpc) is 2.70. The van der Waals surface area contributed by atoms with Crippen molar-refractivity contribution in [2.24, 2.45) is 0 Å². The first-order valence-electron chi connectivity index (χ1n) is 8.87. The predicted molar refractivity (Wildman–Crippen MR) is 102 cm³/mol. The number of ether oxygens (including phenoxy) is 1. The molecule has 0 fully saturated rings. The van der Waals surface area contributed by atoms with Crippen LogP contribution in [0.4, 0.5) is 26.3 Å². The molecule has 0 bridgehead atoms. The Morgan fingerprint density at radius 3 is 2.19 bits per heavy atom. The molecule has 3 nitrogen and oxygen atoms in total. The number of carbonyl (C=O) groups excluding carboxylic acids is 1. The Labute approximate surface area is 174 Å². The molecule has 31 heavy (non-hydrogen) atoms. The maximum atomic E-state index is 12.9. The Balaban J connectivity index is 2.00. The van der Waals surface area contributed by atoms with Gasteiger partial charge in [0.2, 0.25) is 0 Å². The summed E-state index contributed by atoms with van der Waals surface area (Å²) in [5.41, 5.74) is -2.99. The highest BCUT2D eigenvalue weighted by Gasteiger charge is 2.37. The van der Waals surface area contributed by atoms with E-state index in [1.54, 1.807) is 18.2 Å². The lowest BCUT2D eigenvalue weighted by Crippen LogP contribution is -2.25. The highest BCUT2D eigenvalue weighted by molar-refractivity contribution is 5.94. The topological polar surface area (TPSA) is 38.3 Å². The molecule has 0 aliphatic heterocycles. The third-order valence-corrected chi connectivity index (χ3v) is 3.95. The molecule has 0 spiro atoms. The van der Waals surface area contributed by atoms with Crippen LogP contribution in [0, 0.1) is 11.8 Å². The molecule has 2 aromatic rings. The van der Waals surface area contributed by atoms with Crippen LogP contribution >= 0.6 is 0 Å². The van der Waals surface area contributed by atoms with Crippen molar-refractivity contribution in [1.29, 1.82) is 0 Å². The lowest BCUT2D eigenvalue weighted by Gasteiger charge is -2.13. The second kappa shape index (κ2) is 10.1. The Kier molecular flexibility index (Phi) is 7.75. The molecule has 1 amide bonds. The molecule has 2 rings (SSSR count). The van der Waals surface area contributed by atoms with Crippen LogP contribution in [0.5, 0.6) is 5.75 Å². The quantitative estimate of drug-likeness (QED) is 0.377. The van der Waals surface area contributed by atoms with Gasteiger partial charge in [-0.2, -0.15) is 26.3 Å². The van der Waals surface area contributed by atoms with Gasteiger partial charge in [-0.15, -0.1) is 6.58 Å². The van der Waals surface area contributed by atoms with Gasteiger partial charge in [-0.05, 0) is 36.2 Å². The van der Waals surface area contributed by atoms with Crippen LogP contribution in [0.2, 0.25) is 0 Å². The minimum atomic E-state index is -5.03. The number of benzene rings is 2. The summed E-state index contributed by atoms with van der Waals surface area (Å²) >= 11 is 0. The van der Waals surface area contributed by atoms with E-state index in [0.29, 0.717) is 24.3 Å². The average molecular weight is 441 g/mol. The predicted octanol–water partition coefficient (Wildman–Crippen LogP) is 5.26. The summed E-state index contributed by atoms with van der Waals surface area (Å²) in [4.78, 5) is 12.0. The Morgan fingerprint density at radius 2 is 1.61 bits per heavy atom. The SMILES string of the molecule is C=CCc1ccccc1OCC#CCNC(=O)c1cc(C(F)(F)F)cc(C(F)(F)F)c1. The lowest BCUT2D eigenvalue weighted by atomic mass is 10.0. The van der Waals surface area contributed by atoms with E-state index in [9.17, 15) is 31.1 Å². The van der Waals surface area contributed by atoms with E-state index in [4.69, 9.17) is 4.74 Å². The zero-order valence-corrected chi connectivity index (χ0v) is 16.0. The normalized spacial score (nSPS) is 11.3. The first-order chi connectivity index (χ1) is 14.5. The second-order valence-electron chi connectivity index (χ2n) is 6.22. The van der Waals surface area contributed by atoms with Crippen LogP contribution in [-0.2, 0) is 18.8 Å². The highest BCUT2D eigenvalue weighted by Crippen LogP contribution is 2.36. The number of allylic oxidation sites excluding steroid dienone is 1. The third-order valence-electron chi connectivity index (χ3n) is 3.95. The molecule has 1 N–H and O–H groups in total. The minimum Gasteiger partial charge on any atom is -0.481 e. The largest absolute Gasteiger partial charge is 0.481 e. The number of alkyl halides is 6. The van der Waals surface area contributed by atoms with Crippen molar-refractivity contribution >= 4 is 5.91 Å². The van der Waals surface area contributed by atoms with Crippen LogP contribution in [0.1, 0.15) is 27.0 Å². The summed E-state index contributed by atoms with van der Waals surface area (Å²) < 4.78 is 82.7. The number of halogens is 6. The highest BCUT2D eigenvalue weighted by atomic mass is 19.4. The van der Waals surface area contributed by atoms with Crippen molar-refractivity contribution in [2.45, 2.75) is 18.8 Å².